The van der Waals surface area contributed by atoms with Crippen LogP contribution in [-0.2, 0) is 11.2 Å². The third-order valence-corrected chi connectivity index (χ3v) is 7.16. The van der Waals surface area contributed by atoms with Crippen molar-refractivity contribution in [2.24, 2.45) is 17.8 Å². The topological polar surface area (TPSA) is 110 Å². The number of hydrogen-bond acceptors (Lipinski definition) is 5. The van der Waals surface area contributed by atoms with Crippen LogP contribution in [0.25, 0.3) is 0 Å². The number of aliphatic hydroxyl groups is 4. The minimum absolute atomic E-state index is 0.205. The largest absolute Gasteiger partial charge is 0.391 e. The van der Waals surface area contributed by atoms with Gasteiger partial charge < -0.3 is 25.7 Å². The number of nitrogens with one attached hydrogen (secondary N) is 1. The molecule has 0 aromatic heterocycles. The molecule has 31 heavy (non-hydrogen) atoms. The number of amides is 1. The summed E-state index contributed by atoms with van der Waals surface area (Å²) in [5.41, 5.74) is 0.944. The molecule has 1 aliphatic heterocycles. The Morgan fingerprint density at radius 1 is 1.13 bits per heavy atom. The van der Waals surface area contributed by atoms with Gasteiger partial charge in [-0.3, -0.25) is 4.79 Å². The zero-order chi connectivity index (χ0) is 22.9. The maximum absolute atomic E-state index is 13.0. The van der Waals surface area contributed by atoms with E-state index in [1.165, 1.54) is 6.92 Å². The second-order valence-electron chi connectivity index (χ2n) is 9.28. The van der Waals surface area contributed by atoms with Crippen molar-refractivity contribution >= 4 is 5.91 Å². The fourth-order valence-corrected chi connectivity index (χ4v) is 5.14. The van der Waals surface area contributed by atoms with Gasteiger partial charge in [0, 0.05) is 17.9 Å². The second-order valence-corrected chi connectivity index (χ2v) is 9.28. The first-order valence-electron chi connectivity index (χ1n) is 11.0. The third kappa shape index (κ3) is 4.35. The van der Waals surface area contributed by atoms with Crippen LogP contribution in [0.2, 0.25) is 0 Å². The highest BCUT2D eigenvalue weighted by Crippen LogP contribution is 2.48. The molecule has 0 radical (unpaired) electrons. The molecule has 0 bridgehead atoms. The van der Waals surface area contributed by atoms with Crippen LogP contribution in [0.3, 0.4) is 0 Å². The van der Waals surface area contributed by atoms with E-state index < -0.39 is 41.7 Å². The molecule has 2 aliphatic rings. The highest BCUT2D eigenvalue weighted by molar-refractivity contribution is 5.90. The summed E-state index contributed by atoms with van der Waals surface area (Å²) >= 11 is 0. The highest BCUT2D eigenvalue weighted by atomic mass is 16.3. The van der Waals surface area contributed by atoms with Gasteiger partial charge in [0.05, 0.1) is 18.3 Å². The van der Waals surface area contributed by atoms with Crippen LogP contribution in [0, 0.1) is 17.8 Å². The first kappa shape index (κ1) is 23.7. The van der Waals surface area contributed by atoms with E-state index in [0.717, 1.165) is 16.7 Å². The quantitative estimate of drug-likeness (QED) is 0.424. The van der Waals surface area contributed by atoms with Crippen LogP contribution in [-0.4, -0.2) is 56.3 Å². The Balaban J connectivity index is 1.88. The maximum atomic E-state index is 13.0. The lowest BCUT2D eigenvalue weighted by molar-refractivity contribution is -0.147. The summed E-state index contributed by atoms with van der Waals surface area (Å²) in [7, 11) is 0. The van der Waals surface area contributed by atoms with Crippen molar-refractivity contribution in [3.05, 3.63) is 59.2 Å². The minimum atomic E-state index is -1.74. The summed E-state index contributed by atoms with van der Waals surface area (Å²) in [6.45, 7) is 7.09. The number of hydrogen-bond donors (Lipinski definition) is 5. The lowest BCUT2D eigenvalue weighted by atomic mass is 9.63. The molecule has 6 heteroatoms. The van der Waals surface area contributed by atoms with Crippen molar-refractivity contribution in [2.75, 3.05) is 0 Å². The Labute approximate surface area is 184 Å². The molecule has 3 rings (SSSR count). The fraction of sp³-hybridized carbons (Fsp3) is 0.560. The predicted molar refractivity (Wildman–Crippen MR) is 119 cm³/mol. The summed E-state index contributed by atoms with van der Waals surface area (Å²) in [6.07, 6.45) is 1.83. The standard InChI is InChI=1S/C25H35NO5/c1-14(22(28)17(4)27)9-8-12-19-23(29)16(3)15(2)21-20(26-24(30)25(19,21)31)13-18-10-6-5-7-11-18/h5-8,10-12,14,17,19-23,27-29,31H,9,13H2,1-4H3,(H,26,30)/t14-,17+,19-,20-,21-,22+,23+,25+/m0/s1. The van der Waals surface area contributed by atoms with Crippen molar-refractivity contribution in [3.63, 3.8) is 0 Å². The second kappa shape index (κ2) is 9.25. The Kier molecular flexibility index (Phi) is 7.06. The third-order valence-electron chi connectivity index (χ3n) is 7.16. The Morgan fingerprint density at radius 3 is 2.39 bits per heavy atom. The molecule has 1 fully saturated rings. The van der Waals surface area contributed by atoms with Gasteiger partial charge in [-0.1, -0.05) is 55.0 Å². The van der Waals surface area contributed by atoms with Crippen LogP contribution < -0.4 is 5.32 Å². The molecular formula is C25H35NO5. The summed E-state index contributed by atoms with van der Waals surface area (Å²) in [4.78, 5) is 13.0. The number of carbonyl (C=O) groups excluding carboxylic acids is 1. The molecule has 1 amide bonds. The van der Waals surface area contributed by atoms with E-state index >= 15 is 0 Å². The molecule has 0 unspecified atom stereocenters. The summed E-state index contributed by atoms with van der Waals surface area (Å²) in [6, 6.07) is 9.57. The summed E-state index contributed by atoms with van der Waals surface area (Å²) in [5.74, 6) is -1.91. The van der Waals surface area contributed by atoms with E-state index in [-0.39, 0.29) is 12.0 Å². The number of aliphatic hydroxyl groups excluding tert-OH is 3. The molecule has 0 saturated carbocycles. The molecule has 1 aliphatic carbocycles. The molecule has 8 atom stereocenters. The number of benzene rings is 1. The fourth-order valence-electron chi connectivity index (χ4n) is 5.14. The lowest BCUT2D eigenvalue weighted by Gasteiger charge is -2.43. The Bertz CT molecular complexity index is 849. The van der Waals surface area contributed by atoms with E-state index in [0.29, 0.717) is 12.8 Å². The average Bonchev–Trinajstić information content (AvgIpc) is 2.99. The van der Waals surface area contributed by atoms with Crippen LogP contribution in [0.15, 0.2) is 53.6 Å². The van der Waals surface area contributed by atoms with E-state index in [2.05, 4.69) is 5.32 Å². The highest BCUT2D eigenvalue weighted by Gasteiger charge is 2.62. The van der Waals surface area contributed by atoms with Crippen molar-refractivity contribution in [1.82, 2.24) is 5.32 Å². The van der Waals surface area contributed by atoms with Gasteiger partial charge in [0.2, 0.25) is 0 Å². The van der Waals surface area contributed by atoms with Gasteiger partial charge in [-0.15, -0.1) is 0 Å². The van der Waals surface area contributed by atoms with Crippen molar-refractivity contribution < 1.29 is 25.2 Å². The van der Waals surface area contributed by atoms with E-state index in [1.54, 1.807) is 12.2 Å². The van der Waals surface area contributed by atoms with Gasteiger partial charge in [-0.25, -0.2) is 0 Å². The zero-order valence-electron chi connectivity index (χ0n) is 18.7. The summed E-state index contributed by atoms with van der Waals surface area (Å²) < 4.78 is 0. The van der Waals surface area contributed by atoms with Gasteiger partial charge in [-0.05, 0) is 50.7 Å². The zero-order valence-corrected chi connectivity index (χ0v) is 18.7. The van der Waals surface area contributed by atoms with E-state index in [4.69, 9.17) is 0 Å². The first-order valence-corrected chi connectivity index (χ1v) is 11.0. The number of allylic oxidation sites excluding steroid dienone is 1. The molecule has 170 valence electrons. The van der Waals surface area contributed by atoms with Crippen molar-refractivity contribution in [2.45, 2.75) is 70.5 Å². The summed E-state index contributed by atoms with van der Waals surface area (Å²) in [5, 5.41) is 45.2. The number of carbonyl (C=O) groups is 1. The molecule has 1 aromatic carbocycles. The first-order chi connectivity index (χ1) is 14.6. The Hall–Kier alpha value is -1.99. The van der Waals surface area contributed by atoms with Crippen LogP contribution >= 0.6 is 0 Å². The molecule has 1 saturated heterocycles. The smallest absolute Gasteiger partial charge is 0.253 e. The van der Waals surface area contributed by atoms with Crippen LogP contribution in [0.5, 0.6) is 0 Å². The molecule has 1 heterocycles. The SMILES string of the molecule is CC1=C(C)[C@H]2[C@H](Cc3ccccc3)NC(=O)[C@@]2(O)[C@@H](C=CC[C@H](C)[C@@H](O)[C@@H](C)O)[C@@H]1O. The van der Waals surface area contributed by atoms with Crippen molar-refractivity contribution in [3.8, 4) is 0 Å². The van der Waals surface area contributed by atoms with E-state index in [1.807, 2.05) is 51.1 Å². The minimum Gasteiger partial charge on any atom is -0.391 e. The van der Waals surface area contributed by atoms with Gasteiger partial charge in [-0.2, -0.15) is 0 Å². The van der Waals surface area contributed by atoms with Crippen LogP contribution in [0.1, 0.15) is 39.7 Å². The Morgan fingerprint density at radius 2 is 1.77 bits per heavy atom. The lowest BCUT2D eigenvalue weighted by Crippen LogP contribution is -2.56. The number of rotatable bonds is 7. The van der Waals surface area contributed by atoms with Crippen LogP contribution in [0.4, 0.5) is 0 Å². The molecule has 0 spiro atoms. The number of fused-ring (bicyclic) bond motifs is 1. The van der Waals surface area contributed by atoms with Gasteiger partial charge >= 0.3 is 0 Å². The van der Waals surface area contributed by atoms with Gasteiger partial charge in [0.25, 0.3) is 5.91 Å². The normalized spacial score (nSPS) is 33.9. The predicted octanol–water partition coefficient (Wildman–Crippen LogP) is 1.73. The van der Waals surface area contributed by atoms with Gasteiger partial charge in [0.15, 0.2) is 5.60 Å². The molecule has 6 nitrogen and oxygen atoms in total. The van der Waals surface area contributed by atoms with E-state index in [9.17, 15) is 25.2 Å². The molecular weight excluding hydrogens is 394 g/mol. The monoisotopic (exact) mass is 429 g/mol. The van der Waals surface area contributed by atoms with Crippen molar-refractivity contribution in [1.29, 1.82) is 0 Å². The van der Waals surface area contributed by atoms with Gasteiger partial charge in [0.1, 0.15) is 0 Å². The maximum Gasteiger partial charge on any atom is 0.253 e. The molecule has 5 N–H and O–H groups in total. The molecule has 1 aromatic rings. The average molecular weight is 430 g/mol.